The Morgan fingerprint density at radius 3 is 1.37 bits per heavy atom. The fourth-order valence-electron chi connectivity index (χ4n) is 15.0. The monoisotopic (exact) mass is 884 g/mol. The molecule has 0 aliphatic heterocycles. The van der Waals surface area contributed by atoms with Crippen LogP contribution in [-0.4, -0.2) is 0 Å². The van der Waals surface area contributed by atoms with Gasteiger partial charge in [-0.05, 0) is 186 Å². The molecule has 0 heterocycles. The van der Waals surface area contributed by atoms with Gasteiger partial charge < -0.3 is 0 Å². The summed E-state index contributed by atoms with van der Waals surface area (Å²) in [4.78, 5) is 0. The molecule has 9 aliphatic rings. The molecule has 0 amide bonds. The fourth-order valence-corrected chi connectivity index (χ4v) is 15.0. The lowest BCUT2D eigenvalue weighted by molar-refractivity contribution is 0.525. The van der Waals surface area contributed by atoms with Crippen LogP contribution in [0.5, 0.6) is 0 Å². The summed E-state index contributed by atoms with van der Waals surface area (Å²) in [7, 11) is 0. The van der Waals surface area contributed by atoms with Crippen molar-refractivity contribution in [3.8, 4) is 44.5 Å². The summed E-state index contributed by atoms with van der Waals surface area (Å²) in [6, 6.07) is 59.8. The Morgan fingerprint density at radius 1 is 0.300 bits per heavy atom. The molecule has 17 rings (SSSR count). The van der Waals surface area contributed by atoms with E-state index < -0.39 is 0 Å². The van der Waals surface area contributed by atoms with Gasteiger partial charge in [0.2, 0.25) is 0 Å². The van der Waals surface area contributed by atoms with E-state index in [1.54, 1.807) is 0 Å². The first-order valence-corrected chi connectivity index (χ1v) is 25.4. The lowest BCUT2D eigenvalue weighted by Crippen LogP contribution is -2.37. The van der Waals surface area contributed by atoms with Crippen molar-refractivity contribution in [1.29, 1.82) is 0 Å². The molecule has 0 N–H and O–H groups in total. The van der Waals surface area contributed by atoms with E-state index in [2.05, 4.69) is 218 Å². The van der Waals surface area contributed by atoms with Gasteiger partial charge in [-0.2, -0.15) is 0 Å². The van der Waals surface area contributed by atoms with Gasteiger partial charge in [0.15, 0.2) is 0 Å². The van der Waals surface area contributed by atoms with Crippen LogP contribution in [0.1, 0.15) is 46.2 Å². The molecule has 0 heteroatoms. The van der Waals surface area contributed by atoms with Gasteiger partial charge in [-0.25, -0.2) is 0 Å². The van der Waals surface area contributed by atoms with Crippen molar-refractivity contribution in [2.45, 2.75) is 12.8 Å². The van der Waals surface area contributed by atoms with E-state index >= 15 is 0 Å². The average Bonchev–Trinajstić information content (AvgIpc) is 4.07. The zero-order valence-corrected chi connectivity index (χ0v) is 38.5. The topological polar surface area (TPSA) is 0 Å². The Bertz CT molecular complexity index is 4140. The Balaban J connectivity index is 1.01. The molecular weight excluding hydrogens is 841 g/mol. The Hall–Kier alpha value is -8.32. The van der Waals surface area contributed by atoms with Crippen LogP contribution in [0.25, 0.3) is 99.5 Å². The van der Waals surface area contributed by atoms with E-state index in [0.29, 0.717) is 11.8 Å². The van der Waals surface area contributed by atoms with Crippen LogP contribution in [0.2, 0.25) is 0 Å². The number of benzene rings is 8. The van der Waals surface area contributed by atoms with Crippen LogP contribution < -0.4 is 0 Å². The van der Waals surface area contributed by atoms with Crippen LogP contribution in [-0.2, 0) is 0 Å². The molecule has 8 aromatic carbocycles. The average molecular weight is 885 g/mol. The molecule has 70 heavy (non-hydrogen) atoms. The zero-order valence-electron chi connectivity index (χ0n) is 38.5. The Kier molecular flexibility index (Phi) is 7.36. The van der Waals surface area contributed by atoms with Crippen LogP contribution in [0.4, 0.5) is 0 Å². The normalized spacial score (nSPS) is 21.9. The molecule has 4 atom stereocenters. The maximum Gasteiger partial charge on any atom is 0.0212 e. The predicted molar refractivity (Wildman–Crippen MR) is 293 cm³/mol. The minimum absolute atomic E-state index is 0.185. The van der Waals surface area contributed by atoms with E-state index in [0.717, 1.165) is 12.8 Å². The van der Waals surface area contributed by atoms with Crippen LogP contribution in [0.3, 0.4) is 0 Å². The van der Waals surface area contributed by atoms with E-state index in [1.165, 1.54) is 155 Å². The molecule has 0 saturated heterocycles. The molecular formula is C70H44. The van der Waals surface area contributed by atoms with Crippen molar-refractivity contribution in [2.24, 2.45) is 23.7 Å². The van der Waals surface area contributed by atoms with Crippen molar-refractivity contribution in [3.63, 3.8) is 0 Å². The first kappa shape index (κ1) is 37.6. The molecule has 0 nitrogen and oxygen atoms in total. The molecule has 0 spiro atoms. The number of allylic oxidation sites excluding steroid dienone is 20. The van der Waals surface area contributed by atoms with E-state index in [1.807, 2.05) is 0 Å². The molecule has 8 aromatic rings. The van der Waals surface area contributed by atoms with E-state index in [-0.39, 0.29) is 11.8 Å². The highest BCUT2D eigenvalue weighted by atomic mass is 14.6. The third-order valence-electron chi connectivity index (χ3n) is 17.6. The third kappa shape index (κ3) is 4.76. The summed E-state index contributed by atoms with van der Waals surface area (Å²) < 4.78 is 0. The lowest BCUT2D eigenvalue weighted by atomic mass is 9.54. The predicted octanol–water partition coefficient (Wildman–Crippen LogP) is 17.7. The van der Waals surface area contributed by atoms with Crippen molar-refractivity contribution < 1.29 is 0 Å². The van der Waals surface area contributed by atoms with E-state index in [4.69, 9.17) is 0 Å². The maximum absolute atomic E-state index is 2.64. The largest absolute Gasteiger partial charge is 0.0836 e. The molecule has 0 bridgehead atoms. The van der Waals surface area contributed by atoms with Crippen molar-refractivity contribution >= 4 is 55.0 Å². The first-order chi connectivity index (χ1) is 34.8. The van der Waals surface area contributed by atoms with Crippen molar-refractivity contribution in [2.75, 3.05) is 0 Å². The molecule has 0 aromatic heterocycles. The van der Waals surface area contributed by atoms with Crippen LogP contribution in [0, 0.1) is 23.7 Å². The quantitative estimate of drug-likeness (QED) is 0.155. The summed E-state index contributed by atoms with van der Waals surface area (Å²) in [5.74, 6) is 1.09. The van der Waals surface area contributed by atoms with Crippen molar-refractivity contribution in [3.05, 3.63) is 274 Å². The Morgan fingerprint density at radius 2 is 0.757 bits per heavy atom. The smallest absolute Gasteiger partial charge is 0.0212 e. The van der Waals surface area contributed by atoms with Gasteiger partial charge in [0, 0.05) is 23.7 Å². The zero-order chi connectivity index (χ0) is 45.3. The number of hydrogen-bond acceptors (Lipinski definition) is 0. The molecule has 1 saturated carbocycles. The highest BCUT2D eigenvalue weighted by molar-refractivity contribution is 6.30. The highest BCUT2D eigenvalue weighted by Crippen LogP contribution is 2.69. The van der Waals surface area contributed by atoms with Gasteiger partial charge in [0.1, 0.15) is 0 Å². The van der Waals surface area contributed by atoms with Gasteiger partial charge in [0.05, 0.1) is 0 Å². The summed E-state index contributed by atoms with van der Waals surface area (Å²) in [5.41, 5.74) is 33.5. The summed E-state index contributed by atoms with van der Waals surface area (Å²) in [5, 5.41) is 5.48. The molecule has 324 valence electrons. The van der Waals surface area contributed by atoms with Crippen LogP contribution in [0.15, 0.2) is 241 Å². The molecule has 4 unspecified atom stereocenters. The second kappa shape index (κ2) is 13.7. The molecule has 1 fully saturated rings. The molecule has 9 aliphatic carbocycles. The molecule has 0 radical (unpaired) electrons. The highest BCUT2D eigenvalue weighted by Gasteiger charge is 2.54. The van der Waals surface area contributed by atoms with Crippen molar-refractivity contribution in [1.82, 2.24) is 0 Å². The van der Waals surface area contributed by atoms with Gasteiger partial charge >= 0.3 is 0 Å². The maximum atomic E-state index is 2.64. The van der Waals surface area contributed by atoms with Gasteiger partial charge in [0.25, 0.3) is 0 Å². The summed E-state index contributed by atoms with van der Waals surface area (Å²) >= 11 is 0. The summed E-state index contributed by atoms with van der Waals surface area (Å²) in [6.07, 6.45) is 27.2. The third-order valence-corrected chi connectivity index (χ3v) is 17.6. The standard InChI is InChI=1S/C70H44/c1-3-14-39(15-4-1)41-18-11-20-43(36-41)61-60-38-59-48-25-10-9-24-47(48)49-26-13-27-56(63(49)59)68(60)62(44-21-12-19-42(37-44)40-16-5-2-6-17-40)70-58-35-33-55-53-31-29-51-46-23-8-7-22-45(46)50-28-30-52(65(53)64(50)51)54-32-34-57(69(61)70)67(58)66(54)55/h1-9,11-24,26-38,64-67H,10,25H2. The minimum atomic E-state index is 0.185. The lowest BCUT2D eigenvalue weighted by Gasteiger charge is -2.48. The number of rotatable bonds is 4. The number of hydrogen-bond donors (Lipinski definition) is 0. The van der Waals surface area contributed by atoms with E-state index in [9.17, 15) is 0 Å². The fraction of sp³-hybridized carbons (Fsp3) is 0.0857. The van der Waals surface area contributed by atoms with Gasteiger partial charge in [-0.15, -0.1) is 0 Å². The van der Waals surface area contributed by atoms with Gasteiger partial charge in [-0.1, -0.05) is 200 Å². The summed E-state index contributed by atoms with van der Waals surface area (Å²) in [6.45, 7) is 0. The van der Waals surface area contributed by atoms with Crippen LogP contribution >= 0.6 is 0 Å². The van der Waals surface area contributed by atoms with Gasteiger partial charge in [-0.3, -0.25) is 0 Å². The SMILES string of the molecule is C1=CC2=C(CC1)c1cc3c(-c4cccc(-c5ccccc5)c4)c4c(c(-c5cccc(-c6ccccc6)c5)c3c3cccc2c13)C1=CC=C2C3=CC=C5c6ccccc6C6=CC=C(C7=CC=C4C1C72)C3C65. The number of fused-ring (bicyclic) bond motifs is 12. The second-order valence-corrected chi connectivity index (χ2v) is 20.7. The second-order valence-electron chi connectivity index (χ2n) is 20.7. The minimum Gasteiger partial charge on any atom is -0.0836 e. The Labute approximate surface area is 408 Å². The first-order valence-electron chi connectivity index (χ1n) is 25.4.